The van der Waals surface area contributed by atoms with E-state index in [2.05, 4.69) is 20.9 Å². The molecular weight excluding hydrogens is 334 g/mol. The molecule has 2 aromatic carbocycles. The number of hydrogen-bond donors (Lipinski definition) is 1. The van der Waals surface area contributed by atoms with E-state index in [0.717, 1.165) is 22.4 Å². The van der Waals surface area contributed by atoms with Crippen molar-refractivity contribution in [3.05, 3.63) is 96.2 Å². The second-order valence-corrected chi connectivity index (χ2v) is 6.21. The van der Waals surface area contributed by atoms with Crippen LogP contribution in [-0.2, 0) is 0 Å². The highest BCUT2D eigenvalue weighted by molar-refractivity contribution is 5.89. The van der Waals surface area contributed by atoms with Gasteiger partial charge in [-0.05, 0) is 47.5 Å². The highest BCUT2D eigenvalue weighted by Crippen LogP contribution is 2.31. The molecule has 0 radical (unpaired) electrons. The summed E-state index contributed by atoms with van der Waals surface area (Å²) in [4.78, 5) is 10.9. The molecule has 0 bridgehead atoms. The van der Waals surface area contributed by atoms with E-state index in [0.29, 0.717) is 23.6 Å². The van der Waals surface area contributed by atoms with Gasteiger partial charge in [0.2, 0.25) is 0 Å². The number of aromatic nitrogens is 2. The van der Waals surface area contributed by atoms with Gasteiger partial charge in [-0.25, -0.2) is 9.97 Å². The van der Waals surface area contributed by atoms with Gasteiger partial charge in [0.15, 0.2) is 5.82 Å². The van der Waals surface area contributed by atoms with Crippen molar-refractivity contribution in [3.8, 4) is 6.07 Å². The quantitative estimate of drug-likeness (QED) is 0.725. The van der Waals surface area contributed by atoms with E-state index in [1.54, 1.807) is 18.5 Å². The van der Waals surface area contributed by atoms with Crippen molar-refractivity contribution in [1.29, 1.82) is 5.26 Å². The van der Waals surface area contributed by atoms with Crippen molar-refractivity contribution in [1.82, 2.24) is 9.97 Å². The maximum Gasteiger partial charge on any atom is 0.160 e. The van der Waals surface area contributed by atoms with Crippen molar-refractivity contribution in [2.24, 2.45) is 0 Å². The Hall–Kier alpha value is -3.91. The molecule has 5 heteroatoms. The molecule has 0 aliphatic carbocycles. The molecule has 0 atom stereocenters. The van der Waals surface area contributed by atoms with E-state index in [-0.39, 0.29) is 0 Å². The molecule has 4 rings (SSSR count). The average Bonchev–Trinajstić information content (AvgIpc) is 2.74. The molecule has 130 valence electrons. The summed E-state index contributed by atoms with van der Waals surface area (Å²) in [5, 5.41) is 9.50. The number of hydrogen-bond acceptors (Lipinski definition) is 5. The molecule has 1 aliphatic heterocycles. The first kappa shape index (κ1) is 16.6. The van der Waals surface area contributed by atoms with Gasteiger partial charge in [-0.1, -0.05) is 24.3 Å². The number of allylic oxidation sites excluding steroid dienone is 2. The number of nitrogens with zero attached hydrogens (tertiary/aromatic N) is 4. The molecule has 0 unspecified atom stereocenters. The third-order valence-electron chi connectivity index (χ3n) is 4.38. The number of nitriles is 1. The van der Waals surface area contributed by atoms with E-state index in [9.17, 15) is 5.26 Å². The zero-order chi connectivity index (χ0) is 18.6. The lowest BCUT2D eigenvalue weighted by molar-refractivity contribution is 1.06. The first-order valence-corrected chi connectivity index (χ1v) is 8.56. The van der Waals surface area contributed by atoms with Crippen LogP contribution in [0, 0.1) is 11.3 Å². The maximum absolute atomic E-state index is 9.50. The predicted molar refractivity (Wildman–Crippen MR) is 107 cm³/mol. The standard InChI is InChI=1S/C22H17N5/c23-13-16-5-1-2-8-21(16)17-11-18(22-25-9-4-10-26-22)15-27(14-17)20-7-3-6-19(24)12-20/h1-12,15H,14,24H2. The summed E-state index contributed by atoms with van der Waals surface area (Å²) in [6.07, 6.45) is 7.51. The molecule has 1 aromatic heterocycles. The summed E-state index contributed by atoms with van der Waals surface area (Å²) in [5.74, 6) is 0.637. The summed E-state index contributed by atoms with van der Waals surface area (Å²) in [6.45, 7) is 0.623. The van der Waals surface area contributed by atoms with Gasteiger partial charge in [0, 0.05) is 42.1 Å². The summed E-state index contributed by atoms with van der Waals surface area (Å²) in [6, 6.07) is 19.4. The Morgan fingerprint density at radius 1 is 1.00 bits per heavy atom. The smallest absolute Gasteiger partial charge is 0.160 e. The predicted octanol–water partition coefficient (Wildman–Crippen LogP) is 3.88. The van der Waals surface area contributed by atoms with Gasteiger partial charge in [-0.2, -0.15) is 5.26 Å². The van der Waals surface area contributed by atoms with Gasteiger partial charge in [0.1, 0.15) is 0 Å². The minimum atomic E-state index is 0.623. The Bertz CT molecular complexity index is 1080. The molecule has 5 nitrogen and oxygen atoms in total. The van der Waals surface area contributed by atoms with Crippen molar-refractivity contribution in [3.63, 3.8) is 0 Å². The van der Waals surface area contributed by atoms with E-state index in [4.69, 9.17) is 5.73 Å². The highest BCUT2D eigenvalue weighted by Gasteiger charge is 2.19. The Balaban J connectivity index is 1.84. The molecular formula is C22H17N5. The zero-order valence-corrected chi connectivity index (χ0v) is 14.6. The molecule has 0 amide bonds. The lowest BCUT2D eigenvalue weighted by atomic mass is 9.95. The fourth-order valence-electron chi connectivity index (χ4n) is 3.13. The van der Waals surface area contributed by atoms with Crippen LogP contribution in [0.5, 0.6) is 0 Å². The van der Waals surface area contributed by atoms with Crippen molar-refractivity contribution in [2.45, 2.75) is 0 Å². The molecule has 0 saturated heterocycles. The molecule has 2 heterocycles. The van der Waals surface area contributed by atoms with Crippen LogP contribution in [0.2, 0.25) is 0 Å². The van der Waals surface area contributed by atoms with Crippen molar-refractivity contribution in [2.75, 3.05) is 17.2 Å². The fourth-order valence-corrected chi connectivity index (χ4v) is 3.13. The van der Waals surface area contributed by atoms with Crippen LogP contribution in [-0.4, -0.2) is 16.5 Å². The Labute approximate surface area is 157 Å². The number of benzene rings is 2. The molecule has 27 heavy (non-hydrogen) atoms. The van der Waals surface area contributed by atoms with Gasteiger partial charge in [-0.3, -0.25) is 0 Å². The Morgan fingerprint density at radius 3 is 2.59 bits per heavy atom. The van der Waals surface area contributed by atoms with Crippen LogP contribution in [0.15, 0.2) is 79.3 Å². The highest BCUT2D eigenvalue weighted by atomic mass is 15.1. The lowest BCUT2D eigenvalue weighted by Crippen LogP contribution is -2.23. The fraction of sp³-hybridized carbons (Fsp3) is 0.0455. The largest absolute Gasteiger partial charge is 0.399 e. The number of nitrogen functional groups attached to an aromatic ring is 1. The van der Waals surface area contributed by atoms with E-state index < -0.39 is 0 Å². The van der Waals surface area contributed by atoms with E-state index in [1.807, 2.05) is 60.8 Å². The SMILES string of the molecule is N#Cc1ccccc1C1=CC(c2ncccn2)=CN(c2cccc(N)c2)C1. The van der Waals surface area contributed by atoms with Crippen LogP contribution in [0.1, 0.15) is 17.0 Å². The molecule has 1 aliphatic rings. The second kappa shape index (κ2) is 7.14. The molecule has 0 fully saturated rings. The molecule has 2 N–H and O–H groups in total. The van der Waals surface area contributed by atoms with Gasteiger partial charge in [0.05, 0.1) is 11.6 Å². The van der Waals surface area contributed by atoms with Crippen LogP contribution >= 0.6 is 0 Å². The number of rotatable bonds is 3. The molecule has 0 spiro atoms. The van der Waals surface area contributed by atoms with Gasteiger partial charge in [-0.15, -0.1) is 0 Å². The van der Waals surface area contributed by atoms with Crippen LogP contribution < -0.4 is 10.6 Å². The normalized spacial score (nSPS) is 13.5. The third-order valence-corrected chi connectivity index (χ3v) is 4.38. The van der Waals surface area contributed by atoms with E-state index >= 15 is 0 Å². The van der Waals surface area contributed by atoms with Crippen LogP contribution in [0.25, 0.3) is 11.1 Å². The van der Waals surface area contributed by atoms with Crippen molar-refractivity contribution >= 4 is 22.5 Å². The first-order chi connectivity index (χ1) is 13.2. The van der Waals surface area contributed by atoms with Gasteiger partial charge >= 0.3 is 0 Å². The minimum Gasteiger partial charge on any atom is -0.399 e. The summed E-state index contributed by atoms with van der Waals surface area (Å²) in [7, 11) is 0. The zero-order valence-electron chi connectivity index (χ0n) is 14.6. The maximum atomic E-state index is 9.50. The minimum absolute atomic E-state index is 0.623. The Morgan fingerprint density at radius 2 is 1.81 bits per heavy atom. The van der Waals surface area contributed by atoms with Gasteiger partial charge < -0.3 is 10.6 Å². The summed E-state index contributed by atoms with van der Waals surface area (Å²) in [5.41, 5.74) is 11.1. The van der Waals surface area contributed by atoms with Gasteiger partial charge in [0.25, 0.3) is 0 Å². The third kappa shape index (κ3) is 3.42. The van der Waals surface area contributed by atoms with Crippen LogP contribution in [0.4, 0.5) is 11.4 Å². The molecule has 0 saturated carbocycles. The average molecular weight is 351 g/mol. The van der Waals surface area contributed by atoms with Crippen LogP contribution in [0.3, 0.4) is 0 Å². The topological polar surface area (TPSA) is 78.8 Å². The summed E-state index contributed by atoms with van der Waals surface area (Å²) < 4.78 is 0. The number of nitrogens with two attached hydrogens (primary N) is 1. The van der Waals surface area contributed by atoms with E-state index in [1.165, 1.54) is 0 Å². The second-order valence-electron chi connectivity index (χ2n) is 6.21. The first-order valence-electron chi connectivity index (χ1n) is 8.56. The number of anilines is 2. The monoisotopic (exact) mass is 351 g/mol. The summed E-state index contributed by atoms with van der Waals surface area (Å²) >= 11 is 0. The Kier molecular flexibility index (Phi) is 4.38. The molecule has 3 aromatic rings. The van der Waals surface area contributed by atoms with Crippen molar-refractivity contribution < 1.29 is 0 Å². The lowest BCUT2D eigenvalue weighted by Gasteiger charge is -2.28.